The number of carbonyl (C=O) groups excluding carboxylic acids is 1. The van der Waals surface area contributed by atoms with Crippen molar-refractivity contribution >= 4 is 5.97 Å². The number of esters is 1. The van der Waals surface area contributed by atoms with Crippen LogP contribution in [0.2, 0.25) is 0 Å². The molecule has 1 saturated carbocycles. The summed E-state index contributed by atoms with van der Waals surface area (Å²) < 4.78 is 6.23. The summed E-state index contributed by atoms with van der Waals surface area (Å²) in [6, 6.07) is 17.2. The Morgan fingerprint density at radius 1 is 0.889 bits per heavy atom. The van der Waals surface area contributed by atoms with Crippen molar-refractivity contribution in [1.82, 2.24) is 0 Å². The fraction of sp³-hybridized carbons (Fsp3) is 0.500. The highest BCUT2D eigenvalue weighted by molar-refractivity contribution is 5.79. The van der Waals surface area contributed by atoms with E-state index in [0.29, 0.717) is 24.4 Å². The van der Waals surface area contributed by atoms with E-state index in [1.807, 2.05) is 0 Å². The van der Waals surface area contributed by atoms with Gasteiger partial charge < -0.3 is 4.74 Å². The van der Waals surface area contributed by atoms with Crippen LogP contribution in [0.5, 0.6) is 0 Å². The number of rotatable bonds is 8. The van der Waals surface area contributed by atoms with Gasteiger partial charge >= 0.3 is 5.97 Å². The Kier molecular flexibility index (Phi) is 8.88. The third kappa shape index (κ3) is 6.02. The van der Waals surface area contributed by atoms with Crippen molar-refractivity contribution in [2.75, 3.05) is 6.61 Å². The maximum absolute atomic E-state index is 13.8. The predicted molar refractivity (Wildman–Crippen MR) is 151 cm³/mol. The van der Waals surface area contributed by atoms with Crippen LogP contribution >= 0.6 is 0 Å². The number of allylic oxidation sites excluding steroid dienone is 4. The molecular weight excluding hydrogens is 440 g/mol. The number of hydrogen-bond acceptors (Lipinski definition) is 2. The summed E-state index contributed by atoms with van der Waals surface area (Å²) in [6.45, 7) is 11.5. The van der Waals surface area contributed by atoms with Crippen LogP contribution < -0.4 is 0 Å². The van der Waals surface area contributed by atoms with Crippen LogP contribution in [0.1, 0.15) is 90.2 Å². The van der Waals surface area contributed by atoms with Gasteiger partial charge in [-0.15, -0.1) is 0 Å². The van der Waals surface area contributed by atoms with Gasteiger partial charge in [-0.2, -0.15) is 0 Å². The zero-order valence-electron chi connectivity index (χ0n) is 22.9. The molecule has 0 N–H and O–H groups in total. The zero-order chi connectivity index (χ0) is 25.7. The first-order valence-electron chi connectivity index (χ1n) is 14.0. The van der Waals surface area contributed by atoms with E-state index >= 15 is 0 Å². The van der Waals surface area contributed by atoms with Crippen LogP contribution in [-0.2, 0) is 9.53 Å². The average Bonchev–Trinajstić information content (AvgIpc) is 3.02. The molecule has 4 rings (SSSR count). The van der Waals surface area contributed by atoms with Gasteiger partial charge in [0, 0.05) is 5.92 Å². The molecule has 0 heterocycles. The standard InChI is InChI=1S/C34H44O2/c1-23(2)18-20-25(5)26-12-6-11-17-32(31(26)21-19-24(3)4)34(35)36-22-33-29-15-9-7-13-27(29)28-14-8-10-16-30(28)33/h7-10,13-16,18-19,25-26,31-33H,6,11-12,17,20-22H2,1-5H3. The monoisotopic (exact) mass is 484 g/mol. The highest BCUT2D eigenvalue weighted by Crippen LogP contribution is 2.45. The Labute approximate surface area is 218 Å². The van der Waals surface area contributed by atoms with Gasteiger partial charge in [-0.05, 0) is 93.4 Å². The second kappa shape index (κ2) is 12.1. The lowest BCUT2D eigenvalue weighted by Crippen LogP contribution is -2.33. The van der Waals surface area contributed by atoms with E-state index in [0.717, 1.165) is 25.7 Å². The van der Waals surface area contributed by atoms with Crippen molar-refractivity contribution in [3.63, 3.8) is 0 Å². The Morgan fingerprint density at radius 3 is 2.08 bits per heavy atom. The molecule has 2 aliphatic rings. The maximum atomic E-state index is 13.8. The average molecular weight is 485 g/mol. The highest BCUT2D eigenvalue weighted by Gasteiger charge is 2.39. The molecule has 0 aliphatic heterocycles. The van der Waals surface area contributed by atoms with Gasteiger partial charge in [0.05, 0.1) is 5.92 Å². The van der Waals surface area contributed by atoms with Gasteiger partial charge in [-0.25, -0.2) is 0 Å². The lowest BCUT2D eigenvalue weighted by molar-refractivity contribution is -0.152. The first kappa shape index (κ1) is 26.5. The minimum absolute atomic E-state index is 0.0188. The molecule has 4 atom stereocenters. The van der Waals surface area contributed by atoms with E-state index in [4.69, 9.17) is 4.74 Å². The van der Waals surface area contributed by atoms with Crippen molar-refractivity contribution in [1.29, 1.82) is 0 Å². The number of ether oxygens (including phenoxy) is 1. The number of fused-ring (bicyclic) bond motifs is 3. The van der Waals surface area contributed by atoms with E-state index in [9.17, 15) is 4.79 Å². The topological polar surface area (TPSA) is 26.3 Å². The molecule has 4 unspecified atom stereocenters. The van der Waals surface area contributed by atoms with Gasteiger partial charge in [-0.1, -0.05) is 91.6 Å². The van der Waals surface area contributed by atoms with Crippen LogP contribution in [0, 0.1) is 23.7 Å². The molecule has 0 radical (unpaired) electrons. The Morgan fingerprint density at radius 2 is 1.47 bits per heavy atom. The van der Waals surface area contributed by atoms with E-state index < -0.39 is 0 Å². The first-order valence-corrected chi connectivity index (χ1v) is 14.0. The highest BCUT2D eigenvalue weighted by atomic mass is 16.5. The largest absolute Gasteiger partial charge is 0.464 e. The van der Waals surface area contributed by atoms with Crippen LogP contribution in [0.4, 0.5) is 0 Å². The van der Waals surface area contributed by atoms with Crippen LogP contribution in [0.3, 0.4) is 0 Å². The van der Waals surface area contributed by atoms with Gasteiger partial charge in [0.25, 0.3) is 0 Å². The molecule has 0 spiro atoms. The predicted octanol–water partition coefficient (Wildman–Crippen LogP) is 9.11. The molecule has 0 bridgehead atoms. The summed E-state index contributed by atoms with van der Waals surface area (Å²) in [7, 11) is 0. The molecular formula is C34H44O2. The van der Waals surface area contributed by atoms with Gasteiger partial charge in [-0.3, -0.25) is 4.79 Å². The van der Waals surface area contributed by atoms with E-state index in [1.54, 1.807) is 0 Å². The van der Waals surface area contributed by atoms with Crippen molar-refractivity contribution in [2.24, 2.45) is 23.7 Å². The van der Waals surface area contributed by atoms with E-state index in [2.05, 4.69) is 95.3 Å². The summed E-state index contributed by atoms with van der Waals surface area (Å²) in [5.74, 6) is 1.58. The number of hydrogen-bond donors (Lipinski definition) is 0. The molecule has 2 aromatic carbocycles. The van der Waals surface area contributed by atoms with Crippen LogP contribution in [0.25, 0.3) is 11.1 Å². The van der Waals surface area contributed by atoms with Crippen molar-refractivity contribution in [3.05, 3.63) is 83.0 Å². The minimum Gasteiger partial charge on any atom is -0.464 e. The van der Waals surface area contributed by atoms with Crippen LogP contribution in [-0.4, -0.2) is 12.6 Å². The van der Waals surface area contributed by atoms with Gasteiger partial charge in [0.15, 0.2) is 0 Å². The van der Waals surface area contributed by atoms with Crippen molar-refractivity contribution in [3.8, 4) is 11.1 Å². The normalized spacial score (nSPS) is 22.1. The number of carbonyl (C=O) groups is 1. The van der Waals surface area contributed by atoms with Gasteiger partial charge in [0.1, 0.15) is 6.61 Å². The lowest BCUT2D eigenvalue weighted by atomic mass is 9.71. The molecule has 0 aromatic heterocycles. The molecule has 2 aliphatic carbocycles. The van der Waals surface area contributed by atoms with Crippen molar-refractivity contribution in [2.45, 2.75) is 79.1 Å². The quantitative estimate of drug-likeness (QED) is 0.212. The van der Waals surface area contributed by atoms with Crippen LogP contribution in [0.15, 0.2) is 71.8 Å². The summed E-state index contributed by atoms with van der Waals surface area (Å²) in [5.41, 5.74) is 7.82. The molecule has 36 heavy (non-hydrogen) atoms. The number of benzene rings is 2. The molecule has 0 amide bonds. The Balaban J connectivity index is 1.54. The molecule has 2 aromatic rings. The fourth-order valence-electron chi connectivity index (χ4n) is 6.49. The summed E-state index contributed by atoms with van der Waals surface area (Å²) in [6.07, 6.45) is 11.3. The molecule has 192 valence electrons. The maximum Gasteiger partial charge on any atom is 0.309 e. The second-order valence-corrected chi connectivity index (χ2v) is 11.6. The zero-order valence-corrected chi connectivity index (χ0v) is 22.9. The Hall–Kier alpha value is -2.61. The lowest BCUT2D eigenvalue weighted by Gasteiger charge is -2.34. The Bertz CT molecular complexity index is 1050. The fourth-order valence-corrected chi connectivity index (χ4v) is 6.49. The third-order valence-electron chi connectivity index (χ3n) is 8.45. The summed E-state index contributed by atoms with van der Waals surface area (Å²) in [5, 5.41) is 0. The molecule has 2 heteroatoms. The SMILES string of the molecule is CC(C)=CCC(C)C1CCCCC(C(=O)OCC2c3ccccc3-c3ccccc32)C1CC=C(C)C. The van der Waals surface area contributed by atoms with E-state index in [-0.39, 0.29) is 17.8 Å². The molecule has 0 saturated heterocycles. The van der Waals surface area contributed by atoms with Crippen molar-refractivity contribution < 1.29 is 9.53 Å². The van der Waals surface area contributed by atoms with E-state index in [1.165, 1.54) is 46.2 Å². The smallest absolute Gasteiger partial charge is 0.309 e. The van der Waals surface area contributed by atoms with Gasteiger partial charge in [0.2, 0.25) is 0 Å². The molecule has 2 nitrogen and oxygen atoms in total. The first-order chi connectivity index (χ1) is 17.4. The minimum atomic E-state index is -0.0193. The summed E-state index contributed by atoms with van der Waals surface area (Å²) >= 11 is 0. The second-order valence-electron chi connectivity index (χ2n) is 11.6. The molecule has 1 fully saturated rings. The third-order valence-corrected chi connectivity index (χ3v) is 8.45. The summed E-state index contributed by atoms with van der Waals surface area (Å²) in [4.78, 5) is 13.8.